The van der Waals surface area contributed by atoms with Crippen LogP contribution in [0.4, 0.5) is 0 Å². The third-order valence-corrected chi connectivity index (χ3v) is 8.35. The molecule has 0 amide bonds. The Kier molecular flexibility index (Phi) is 14.3. The number of aliphatic hydroxyl groups excluding tert-OH is 5. The number of allylic oxidation sites excluding steroid dienone is 5. The maximum Gasteiger partial charge on any atom is 0.345 e. The van der Waals surface area contributed by atoms with E-state index in [4.69, 9.17) is 9.15 Å². The lowest BCUT2D eigenvalue weighted by molar-refractivity contribution is -0.232. The monoisotopic (exact) mass is 606 g/mol. The molecule has 0 saturated carbocycles. The maximum absolute atomic E-state index is 12.9. The van der Waals surface area contributed by atoms with Gasteiger partial charge in [0.15, 0.2) is 0 Å². The summed E-state index contributed by atoms with van der Waals surface area (Å²) in [4.78, 5) is 12.9. The second-order valence-corrected chi connectivity index (χ2v) is 12.9. The number of aliphatic hydroxyl groups is 5. The lowest BCUT2D eigenvalue weighted by Crippen LogP contribution is -2.55. The Morgan fingerprint density at radius 2 is 1.72 bits per heavy atom. The summed E-state index contributed by atoms with van der Waals surface area (Å²) in [5.41, 5.74) is -0.293. The van der Waals surface area contributed by atoms with Gasteiger partial charge in [-0.15, -0.1) is 0 Å². The highest BCUT2D eigenvalue weighted by molar-refractivity contribution is 5.36. The minimum Gasteiger partial charge on any atom is -0.507 e. The van der Waals surface area contributed by atoms with E-state index >= 15 is 0 Å². The summed E-state index contributed by atoms with van der Waals surface area (Å²) in [7, 11) is 0. The van der Waals surface area contributed by atoms with E-state index in [1.54, 1.807) is 19.9 Å². The van der Waals surface area contributed by atoms with Crippen molar-refractivity contribution < 1.29 is 39.8 Å². The molecule has 43 heavy (non-hydrogen) atoms. The maximum atomic E-state index is 12.9. The average molecular weight is 607 g/mol. The van der Waals surface area contributed by atoms with Gasteiger partial charge in [-0.3, -0.25) is 0 Å². The third kappa shape index (κ3) is 10.1. The smallest absolute Gasteiger partial charge is 0.345 e. The molecule has 0 spiro atoms. The first-order valence-corrected chi connectivity index (χ1v) is 15.5. The number of unbranched alkanes of at least 4 members (excludes halogenated alkanes) is 3. The number of hydrogen-bond acceptors (Lipinski definition) is 9. The van der Waals surface area contributed by atoms with Crippen LogP contribution in [0.1, 0.15) is 104 Å². The fourth-order valence-corrected chi connectivity index (χ4v) is 5.65. The van der Waals surface area contributed by atoms with Crippen molar-refractivity contribution in [3.63, 3.8) is 0 Å². The molecule has 0 aliphatic carbocycles. The van der Waals surface area contributed by atoms with Crippen LogP contribution in [-0.4, -0.2) is 67.8 Å². The summed E-state index contributed by atoms with van der Waals surface area (Å²) in [5, 5.41) is 61.7. The van der Waals surface area contributed by atoms with Gasteiger partial charge >= 0.3 is 5.63 Å². The number of hydrogen-bond donors (Lipinski definition) is 6. The number of ether oxygens (including phenoxy) is 1. The Hall–Kier alpha value is -2.27. The molecule has 1 aliphatic heterocycles. The molecule has 2 rings (SSSR count). The van der Waals surface area contributed by atoms with Gasteiger partial charge in [0, 0.05) is 6.07 Å². The fraction of sp³-hybridized carbons (Fsp3) is 0.676. The lowest BCUT2D eigenvalue weighted by atomic mass is 9.82. The van der Waals surface area contributed by atoms with Crippen LogP contribution in [0.5, 0.6) is 5.75 Å². The van der Waals surface area contributed by atoms with Gasteiger partial charge in [0.2, 0.25) is 0 Å². The summed E-state index contributed by atoms with van der Waals surface area (Å²) in [5.74, 6) is 0.306. The molecule has 9 nitrogen and oxygen atoms in total. The summed E-state index contributed by atoms with van der Waals surface area (Å²) in [6, 6.07) is 1.17. The van der Waals surface area contributed by atoms with Crippen LogP contribution in [-0.2, 0) is 10.2 Å². The van der Waals surface area contributed by atoms with E-state index in [1.807, 2.05) is 13.0 Å². The minimum absolute atomic E-state index is 0.00198. The molecule has 2 heterocycles. The molecular weight excluding hydrogens is 552 g/mol. The Morgan fingerprint density at radius 3 is 2.33 bits per heavy atom. The highest BCUT2D eigenvalue weighted by Crippen LogP contribution is 2.37. The molecule has 1 aromatic heterocycles. The zero-order chi connectivity index (χ0) is 32.5. The molecule has 3 unspecified atom stereocenters. The molecule has 1 aliphatic rings. The lowest BCUT2D eigenvalue weighted by Gasteiger charge is -2.39. The fourth-order valence-electron chi connectivity index (χ4n) is 5.65. The molecule has 8 atom stereocenters. The van der Waals surface area contributed by atoms with Crippen LogP contribution in [0.25, 0.3) is 0 Å². The molecule has 244 valence electrons. The molecular formula is C34H54O9. The first-order chi connectivity index (χ1) is 20.1. The van der Waals surface area contributed by atoms with Crippen molar-refractivity contribution in [1.29, 1.82) is 0 Å². The van der Waals surface area contributed by atoms with E-state index in [0.29, 0.717) is 5.92 Å². The zero-order valence-electron chi connectivity index (χ0n) is 26.9. The van der Waals surface area contributed by atoms with Crippen LogP contribution < -0.4 is 5.63 Å². The van der Waals surface area contributed by atoms with Crippen molar-refractivity contribution in [2.75, 3.05) is 6.61 Å². The second-order valence-electron chi connectivity index (χ2n) is 12.9. The van der Waals surface area contributed by atoms with Gasteiger partial charge in [-0.05, 0) is 46.0 Å². The topological polar surface area (TPSA) is 161 Å². The van der Waals surface area contributed by atoms with Gasteiger partial charge in [0.1, 0.15) is 47.6 Å². The average Bonchev–Trinajstić information content (AvgIpc) is 2.93. The van der Waals surface area contributed by atoms with Crippen molar-refractivity contribution >= 4 is 0 Å². The SMILES string of the molecule is CCCCCCC(C)C/C(C)=C\C(C)/C=C(C)/C=C/C(O)C(C)(C)c1cc(O)c([C@@H]2O[C@H](CO)[C@H](O)[C@H](O)[C@H]2O)c(=O)o1. The van der Waals surface area contributed by atoms with E-state index in [1.165, 1.54) is 43.7 Å². The van der Waals surface area contributed by atoms with Gasteiger partial charge in [0.25, 0.3) is 0 Å². The first kappa shape index (κ1) is 36.9. The minimum atomic E-state index is -1.76. The van der Waals surface area contributed by atoms with Gasteiger partial charge in [-0.1, -0.05) is 88.3 Å². The van der Waals surface area contributed by atoms with Gasteiger partial charge in [-0.25, -0.2) is 4.79 Å². The summed E-state index contributed by atoms with van der Waals surface area (Å²) >= 11 is 0. The Labute approximate surface area is 256 Å². The molecule has 1 saturated heterocycles. The molecule has 0 bridgehead atoms. The summed E-state index contributed by atoms with van der Waals surface area (Å²) in [6.45, 7) is 13.4. The Balaban J connectivity index is 2.12. The quantitative estimate of drug-likeness (QED) is 0.0954. The molecule has 0 aromatic carbocycles. The molecule has 6 N–H and O–H groups in total. The zero-order valence-corrected chi connectivity index (χ0v) is 26.9. The van der Waals surface area contributed by atoms with E-state index in [0.717, 1.165) is 12.0 Å². The number of rotatable bonds is 15. The highest BCUT2D eigenvalue weighted by Gasteiger charge is 2.46. The molecule has 9 heteroatoms. The van der Waals surface area contributed by atoms with Crippen molar-refractivity contribution in [3.05, 3.63) is 63.3 Å². The predicted molar refractivity (Wildman–Crippen MR) is 167 cm³/mol. The van der Waals surface area contributed by atoms with Gasteiger partial charge < -0.3 is 39.8 Å². The van der Waals surface area contributed by atoms with E-state index in [-0.39, 0.29) is 11.7 Å². The van der Waals surface area contributed by atoms with Crippen LogP contribution in [0.15, 0.2) is 50.7 Å². The van der Waals surface area contributed by atoms with E-state index < -0.39 is 65.6 Å². The second kappa shape index (κ2) is 16.7. The summed E-state index contributed by atoms with van der Waals surface area (Å²) < 4.78 is 10.9. The van der Waals surface area contributed by atoms with Crippen molar-refractivity contribution in [2.45, 2.75) is 129 Å². The largest absolute Gasteiger partial charge is 0.507 e. The van der Waals surface area contributed by atoms with Crippen LogP contribution >= 0.6 is 0 Å². The summed E-state index contributed by atoms with van der Waals surface area (Å²) in [6.07, 6.45) is 6.30. The van der Waals surface area contributed by atoms with Crippen molar-refractivity contribution in [1.82, 2.24) is 0 Å². The molecule has 1 aromatic rings. The number of aromatic hydroxyl groups is 1. The normalized spacial score (nSPS) is 26.1. The van der Waals surface area contributed by atoms with Gasteiger partial charge in [0.05, 0.1) is 18.1 Å². The van der Waals surface area contributed by atoms with Crippen LogP contribution in [0.2, 0.25) is 0 Å². The van der Waals surface area contributed by atoms with Gasteiger partial charge in [-0.2, -0.15) is 0 Å². The first-order valence-electron chi connectivity index (χ1n) is 15.5. The highest BCUT2D eigenvalue weighted by atomic mass is 16.5. The van der Waals surface area contributed by atoms with Crippen molar-refractivity contribution in [3.8, 4) is 5.75 Å². The molecule has 1 fully saturated rings. The van der Waals surface area contributed by atoms with Crippen LogP contribution in [0.3, 0.4) is 0 Å². The Morgan fingerprint density at radius 1 is 1.05 bits per heavy atom. The molecule has 0 radical (unpaired) electrons. The Bertz CT molecular complexity index is 1160. The van der Waals surface area contributed by atoms with Crippen LogP contribution in [0, 0.1) is 11.8 Å². The van der Waals surface area contributed by atoms with E-state index in [9.17, 15) is 35.4 Å². The van der Waals surface area contributed by atoms with Crippen molar-refractivity contribution in [2.24, 2.45) is 11.8 Å². The third-order valence-electron chi connectivity index (χ3n) is 8.35. The standard InChI is InChI=1S/C34H54O9/c1-8-9-10-11-12-20(2)15-22(4)17-23(5)16-21(3)13-14-26(37)34(6,7)27-18-24(36)28(33(41)43-27)32-31(40)30(39)29(38)25(19-35)42-32/h13-14,16-18,20,23,25-26,29-32,35-40H,8-12,15,19H2,1-7H3/b14-13+,21-16+,22-17-/t20?,23?,25-,26?,29+,30+,31-,32+/m1/s1. The predicted octanol–water partition coefficient (Wildman–Crippen LogP) is 4.58. The van der Waals surface area contributed by atoms with E-state index in [2.05, 4.69) is 39.8 Å².